The monoisotopic (exact) mass is 293 g/mol. The van der Waals surface area contributed by atoms with Crippen molar-refractivity contribution in [2.75, 3.05) is 44.9 Å². The lowest BCUT2D eigenvalue weighted by atomic mass is 10.1. The quantitative estimate of drug-likeness (QED) is 0.776. The highest BCUT2D eigenvalue weighted by Crippen LogP contribution is 2.21. The Morgan fingerprint density at radius 3 is 3.10 bits per heavy atom. The molecule has 0 aliphatic carbocycles. The van der Waals surface area contributed by atoms with Crippen LogP contribution in [0, 0.1) is 6.92 Å². The maximum absolute atomic E-state index is 5.73. The molecule has 0 aromatic carbocycles. The van der Waals surface area contributed by atoms with Gasteiger partial charge >= 0.3 is 0 Å². The molecule has 1 unspecified atom stereocenters. The van der Waals surface area contributed by atoms with Crippen molar-refractivity contribution in [1.82, 2.24) is 10.3 Å². The topological polar surface area (TPSA) is 46.6 Å². The minimum absolute atomic E-state index is 0.329. The third-order valence-corrected chi connectivity index (χ3v) is 3.81. The van der Waals surface area contributed by atoms with Crippen LogP contribution in [0.25, 0.3) is 0 Å². The first-order valence-electron chi connectivity index (χ1n) is 7.76. The molecule has 0 spiro atoms. The van der Waals surface area contributed by atoms with Crippen LogP contribution in [0.2, 0.25) is 0 Å². The Bertz CT molecular complexity index is 440. The Balaban J connectivity index is 1.95. The summed E-state index contributed by atoms with van der Waals surface area (Å²) >= 11 is 0. The van der Waals surface area contributed by atoms with Crippen LogP contribution in [0.3, 0.4) is 0 Å². The molecule has 1 aliphatic rings. The number of hydrogen-bond acceptors (Lipinski definition) is 5. The molecular weight excluding hydrogens is 266 g/mol. The van der Waals surface area contributed by atoms with Crippen molar-refractivity contribution >= 4 is 5.82 Å². The van der Waals surface area contributed by atoms with E-state index < -0.39 is 0 Å². The first kappa shape index (κ1) is 16.2. The highest BCUT2D eigenvalue weighted by Gasteiger charge is 2.21. The second-order valence-corrected chi connectivity index (χ2v) is 5.50. The van der Waals surface area contributed by atoms with Gasteiger partial charge in [-0.2, -0.15) is 0 Å². The molecule has 2 rings (SSSR count). The van der Waals surface area contributed by atoms with Gasteiger partial charge < -0.3 is 19.7 Å². The molecule has 0 radical (unpaired) electrons. The summed E-state index contributed by atoms with van der Waals surface area (Å²) in [7, 11) is 1.72. The molecule has 118 valence electrons. The van der Waals surface area contributed by atoms with Crippen LogP contribution in [0.15, 0.2) is 12.3 Å². The molecule has 0 amide bonds. The van der Waals surface area contributed by atoms with Gasteiger partial charge in [-0.3, -0.25) is 0 Å². The largest absolute Gasteiger partial charge is 0.383 e. The summed E-state index contributed by atoms with van der Waals surface area (Å²) in [6.07, 6.45) is 3.35. The molecule has 1 aromatic rings. The number of pyridine rings is 1. The Morgan fingerprint density at radius 1 is 1.52 bits per heavy atom. The van der Waals surface area contributed by atoms with Crippen LogP contribution in [0.1, 0.15) is 24.5 Å². The molecule has 1 aromatic heterocycles. The minimum atomic E-state index is 0.329. The van der Waals surface area contributed by atoms with Crippen molar-refractivity contribution < 1.29 is 9.47 Å². The van der Waals surface area contributed by atoms with Gasteiger partial charge in [0.05, 0.1) is 19.3 Å². The molecule has 0 bridgehead atoms. The molecule has 1 N–H and O–H groups in total. The predicted molar refractivity (Wildman–Crippen MR) is 84.8 cm³/mol. The van der Waals surface area contributed by atoms with E-state index in [9.17, 15) is 0 Å². The van der Waals surface area contributed by atoms with Crippen LogP contribution in [0.5, 0.6) is 0 Å². The van der Waals surface area contributed by atoms with Crippen molar-refractivity contribution in [3.05, 3.63) is 23.4 Å². The van der Waals surface area contributed by atoms with Gasteiger partial charge in [-0.05, 0) is 30.5 Å². The third-order valence-electron chi connectivity index (χ3n) is 3.81. The van der Waals surface area contributed by atoms with Crippen molar-refractivity contribution in [2.24, 2.45) is 0 Å². The fraction of sp³-hybridized carbons (Fsp3) is 0.688. The van der Waals surface area contributed by atoms with Gasteiger partial charge in [0.15, 0.2) is 0 Å². The van der Waals surface area contributed by atoms with Crippen LogP contribution in [-0.4, -0.2) is 51.0 Å². The molecule has 5 heteroatoms. The average molecular weight is 293 g/mol. The number of nitrogens with zero attached hydrogens (tertiary/aromatic N) is 2. The number of nitrogens with one attached hydrogen (secondary N) is 1. The van der Waals surface area contributed by atoms with E-state index in [1.807, 2.05) is 6.20 Å². The van der Waals surface area contributed by atoms with E-state index in [4.69, 9.17) is 9.47 Å². The van der Waals surface area contributed by atoms with Gasteiger partial charge in [0.2, 0.25) is 0 Å². The van der Waals surface area contributed by atoms with Crippen molar-refractivity contribution in [3.63, 3.8) is 0 Å². The Labute approximate surface area is 127 Å². The first-order valence-corrected chi connectivity index (χ1v) is 7.76. The number of aryl methyl sites for hydroxylation is 1. The molecule has 1 saturated heterocycles. The first-order chi connectivity index (χ1) is 10.2. The zero-order valence-corrected chi connectivity index (χ0v) is 13.4. The zero-order valence-electron chi connectivity index (χ0n) is 13.4. The third kappa shape index (κ3) is 4.66. The van der Waals surface area contributed by atoms with E-state index in [1.54, 1.807) is 7.11 Å². The van der Waals surface area contributed by atoms with Crippen molar-refractivity contribution in [3.8, 4) is 0 Å². The summed E-state index contributed by atoms with van der Waals surface area (Å²) in [5.41, 5.74) is 2.45. The van der Waals surface area contributed by atoms with E-state index in [1.165, 1.54) is 11.1 Å². The molecule has 0 saturated carbocycles. The summed E-state index contributed by atoms with van der Waals surface area (Å²) < 4.78 is 10.8. The fourth-order valence-electron chi connectivity index (χ4n) is 2.62. The van der Waals surface area contributed by atoms with Crippen LogP contribution >= 0.6 is 0 Å². The van der Waals surface area contributed by atoms with E-state index in [0.29, 0.717) is 6.10 Å². The molecule has 1 aliphatic heterocycles. The van der Waals surface area contributed by atoms with Gasteiger partial charge in [0.1, 0.15) is 5.82 Å². The summed E-state index contributed by atoms with van der Waals surface area (Å²) in [6.45, 7) is 9.39. The molecule has 1 atom stereocenters. The number of ether oxygens (including phenoxy) is 2. The highest BCUT2D eigenvalue weighted by atomic mass is 16.5. The molecule has 21 heavy (non-hydrogen) atoms. The predicted octanol–water partition coefficient (Wildman–Crippen LogP) is 1.74. The molecule has 5 nitrogen and oxygen atoms in total. The minimum Gasteiger partial charge on any atom is -0.383 e. The van der Waals surface area contributed by atoms with Crippen LogP contribution in [-0.2, 0) is 16.0 Å². The number of anilines is 1. The van der Waals surface area contributed by atoms with Crippen molar-refractivity contribution in [1.29, 1.82) is 0 Å². The molecular formula is C16H27N3O2. The van der Waals surface area contributed by atoms with E-state index >= 15 is 0 Å². The van der Waals surface area contributed by atoms with Gasteiger partial charge in [-0.25, -0.2) is 4.98 Å². The maximum Gasteiger partial charge on any atom is 0.131 e. The lowest BCUT2D eigenvalue weighted by Crippen LogP contribution is -2.43. The Morgan fingerprint density at radius 2 is 2.38 bits per heavy atom. The SMILES string of the molecule is CCC1CN(c2ncc(CNCCOC)cc2C)CCO1. The zero-order chi connectivity index (χ0) is 15.1. The second kappa shape index (κ2) is 8.32. The lowest BCUT2D eigenvalue weighted by molar-refractivity contribution is 0.0381. The summed E-state index contributed by atoms with van der Waals surface area (Å²) in [4.78, 5) is 7.01. The molecule has 2 heterocycles. The molecule has 1 fully saturated rings. The van der Waals surface area contributed by atoms with Gasteiger partial charge in [0, 0.05) is 39.5 Å². The van der Waals surface area contributed by atoms with Gasteiger partial charge in [0.25, 0.3) is 0 Å². The maximum atomic E-state index is 5.73. The van der Waals surface area contributed by atoms with Crippen LogP contribution in [0.4, 0.5) is 5.82 Å². The van der Waals surface area contributed by atoms with E-state index in [2.05, 4.69) is 35.1 Å². The smallest absolute Gasteiger partial charge is 0.131 e. The van der Waals surface area contributed by atoms with Crippen LogP contribution < -0.4 is 10.2 Å². The second-order valence-electron chi connectivity index (χ2n) is 5.50. The van der Waals surface area contributed by atoms with Gasteiger partial charge in [-0.1, -0.05) is 6.92 Å². The lowest BCUT2D eigenvalue weighted by Gasteiger charge is -2.34. The average Bonchev–Trinajstić information content (AvgIpc) is 2.52. The highest BCUT2D eigenvalue weighted by molar-refractivity contribution is 5.47. The Kier molecular flexibility index (Phi) is 6.42. The standard InChI is InChI=1S/C16H27N3O2/c1-4-15-12-19(6-8-21-15)16-13(2)9-14(11-18-16)10-17-5-7-20-3/h9,11,15,17H,4-8,10,12H2,1-3H3. The number of morpholine rings is 1. The summed E-state index contributed by atoms with van der Waals surface area (Å²) in [6, 6.07) is 2.22. The fourth-order valence-corrected chi connectivity index (χ4v) is 2.62. The Hall–Kier alpha value is -1.17. The number of methoxy groups -OCH3 is 1. The van der Waals surface area contributed by atoms with E-state index in [0.717, 1.165) is 51.6 Å². The van der Waals surface area contributed by atoms with Crippen molar-refractivity contribution in [2.45, 2.75) is 32.9 Å². The number of hydrogen-bond donors (Lipinski definition) is 1. The van der Waals surface area contributed by atoms with E-state index in [-0.39, 0.29) is 0 Å². The van der Waals surface area contributed by atoms with Gasteiger partial charge in [-0.15, -0.1) is 0 Å². The normalized spacial score (nSPS) is 19.0. The number of aromatic nitrogens is 1. The summed E-state index contributed by atoms with van der Waals surface area (Å²) in [5.74, 6) is 1.09. The summed E-state index contributed by atoms with van der Waals surface area (Å²) in [5, 5.41) is 3.35. The number of rotatable bonds is 7.